The summed E-state index contributed by atoms with van der Waals surface area (Å²) in [6, 6.07) is 13.3. The Morgan fingerprint density at radius 2 is 1.95 bits per heavy atom. The zero-order valence-electron chi connectivity index (χ0n) is 10.6. The van der Waals surface area contributed by atoms with Crippen molar-refractivity contribution >= 4 is 27.5 Å². The van der Waals surface area contributed by atoms with E-state index in [1.807, 2.05) is 43.3 Å². The van der Waals surface area contributed by atoms with Crippen molar-refractivity contribution in [2.45, 2.75) is 19.4 Å². The Morgan fingerprint density at radius 3 is 2.63 bits per heavy atom. The maximum Gasteiger partial charge on any atom is 0.146 e. The van der Waals surface area contributed by atoms with Crippen LogP contribution in [0.5, 0.6) is 11.5 Å². The Hall–Kier alpha value is -1.03. The minimum Gasteiger partial charge on any atom is -0.455 e. The summed E-state index contributed by atoms with van der Waals surface area (Å²) in [7, 11) is 0. The first-order chi connectivity index (χ1) is 9.11. The Kier molecular flexibility index (Phi) is 4.86. The molecule has 0 aliphatic heterocycles. The monoisotopic (exact) mass is 339 g/mol. The van der Waals surface area contributed by atoms with Crippen molar-refractivity contribution in [2.24, 2.45) is 5.73 Å². The first-order valence-corrected chi connectivity index (χ1v) is 7.26. The van der Waals surface area contributed by atoms with E-state index >= 15 is 0 Å². The Balaban J connectivity index is 2.33. The van der Waals surface area contributed by atoms with E-state index < -0.39 is 0 Å². The van der Waals surface area contributed by atoms with E-state index in [0.717, 1.165) is 22.2 Å². The van der Waals surface area contributed by atoms with Gasteiger partial charge in [0.1, 0.15) is 11.5 Å². The number of nitrogens with two attached hydrogens (primary N) is 1. The third-order valence-corrected chi connectivity index (χ3v) is 3.66. The summed E-state index contributed by atoms with van der Waals surface area (Å²) in [5.74, 6) is 1.38. The maximum atomic E-state index is 6.16. The highest BCUT2D eigenvalue weighted by Crippen LogP contribution is 2.34. The summed E-state index contributed by atoms with van der Waals surface area (Å²) in [4.78, 5) is 0. The van der Waals surface area contributed by atoms with Gasteiger partial charge in [-0.3, -0.25) is 0 Å². The largest absolute Gasteiger partial charge is 0.455 e. The highest BCUT2D eigenvalue weighted by atomic mass is 79.9. The van der Waals surface area contributed by atoms with Gasteiger partial charge in [-0.1, -0.05) is 52.7 Å². The molecule has 2 aromatic carbocycles. The predicted octanol–water partition coefficient (Wildman–Crippen LogP) is 5.30. The zero-order valence-corrected chi connectivity index (χ0v) is 12.9. The van der Waals surface area contributed by atoms with Gasteiger partial charge in [-0.15, -0.1) is 0 Å². The molecule has 2 aromatic rings. The molecule has 100 valence electrons. The van der Waals surface area contributed by atoms with E-state index in [9.17, 15) is 0 Å². The smallest absolute Gasteiger partial charge is 0.146 e. The van der Waals surface area contributed by atoms with Crippen molar-refractivity contribution in [3.05, 3.63) is 57.5 Å². The van der Waals surface area contributed by atoms with Crippen LogP contribution in [-0.4, -0.2) is 0 Å². The summed E-state index contributed by atoms with van der Waals surface area (Å²) >= 11 is 9.53. The van der Waals surface area contributed by atoms with Gasteiger partial charge in [0.15, 0.2) is 0 Å². The number of hydrogen-bond acceptors (Lipinski definition) is 2. The second-order valence-electron chi connectivity index (χ2n) is 4.23. The molecule has 0 amide bonds. The number of benzene rings is 2. The van der Waals surface area contributed by atoms with Crippen molar-refractivity contribution < 1.29 is 4.74 Å². The molecule has 0 radical (unpaired) electrons. The van der Waals surface area contributed by atoms with Crippen LogP contribution in [-0.2, 0) is 0 Å². The number of halogens is 2. The van der Waals surface area contributed by atoms with Gasteiger partial charge in [0.25, 0.3) is 0 Å². The van der Waals surface area contributed by atoms with E-state index in [-0.39, 0.29) is 6.04 Å². The molecule has 2 nitrogen and oxygen atoms in total. The highest BCUT2D eigenvalue weighted by molar-refractivity contribution is 9.10. The molecule has 19 heavy (non-hydrogen) atoms. The lowest BCUT2D eigenvalue weighted by molar-refractivity contribution is 0.469. The third-order valence-electron chi connectivity index (χ3n) is 2.87. The average Bonchev–Trinajstić information content (AvgIpc) is 2.41. The Bertz CT molecular complexity index is 574. The fourth-order valence-corrected chi connectivity index (χ4v) is 2.49. The van der Waals surface area contributed by atoms with E-state index in [2.05, 4.69) is 15.9 Å². The minimum atomic E-state index is -0.0366. The van der Waals surface area contributed by atoms with Gasteiger partial charge in [0, 0.05) is 16.1 Å². The summed E-state index contributed by atoms with van der Waals surface area (Å²) in [5.41, 5.74) is 7.08. The average molecular weight is 341 g/mol. The van der Waals surface area contributed by atoms with Crippen LogP contribution in [0.2, 0.25) is 5.02 Å². The van der Waals surface area contributed by atoms with Crippen molar-refractivity contribution in [3.63, 3.8) is 0 Å². The zero-order chi connectivity index (χ0) is 13.8. The van der Waals surface area contributed by atoms with Gasteiger partial charge in [-0.2, -0.15) is 0 Å². The molecular formula is C15H15BrClNO. The van der Waals surface area contributed by atoms with Crippen LogP contribution in [0.4, 0.5) is 0 Å². The van der Waals surface area contributed by atoms with Crippen LogP contribution in [0.15, 0.2) is 46.9 Å². The molecule has 4 heteroatoms. The quantitative estimate of drug-likeness (QED) is 0.819. The lowest BCUT2D eigenvalue weighted by Gasteiger charge is -2.16. The van der Waals surface area contributed by atoms with Crippen LogP contribution in [0.3, 0.4) is 0 Å². The lowest BCUT2D eigenvalue weighted by atomic mass is 10.0. The first kappa shape index (κ1) is 14.4. The standard InChI is InChI=1S/C15H15BrClNO/c1-2-13(18)11-5-3-4-6-14(11)19-15-8-7-10(16)9-12(15)17/h3-9,13H,2,18H2,1H3/t13-/m0/s1. The Labute approximate surface area is 126 Å². The number of hydrogen-bond donors (Lipinski definition) is 1. The summed E-state index contributed by atoms with van der Waals surface area (Å²) in [6.07, 6.45) is 0.856. The molecule has 0 fully saturated rings. The maximum absolute atomic E-state index is 6.16. The molecular weight excluding hydrogens is 326 g/mol. The van der Waals surface area contributed by atoms with Gasteiger partial charge in [0.05, 0.1) is 5.02 Å². The molecule has 0 spiro atoms. The summed E-state index contributed by atoms with van der Waals surface area (Å²) in [5, 5.41) is 0.564. The van der Waals surface area contributed by atoms with Gasteiger partial charge < -0.3 is 10.5 Å². The topological polar surface area (TPSA) is 35.2 Å². The van der Waals surface area contributed by atoms with Crippen molar-refractivity contribution in [3.8, 4) is 11.5 Å². The van der Waals surface area contributed by atoms with Gasteiger partial charge in [0.2, 0.25) is 0 Å². The molecule has 0 bridgehead atoms. The minimum absolute atomic E-state index is 0.0366. The van der Waals surface area contributed by atoms with E-state index in [1.54, 1.807) is 6.07 Å². The molecule has 2 rings (SSSR count). The summed E-state index contributed by atoms with van der Waals surface area (Å²) in [6.45, 7) is 2.05. The van der Waals surface area contributed by atoms with Crippen LogP contribution in [0.1, 0.15) is 24.9 Å². The lowest BCUT2D eigenvalue weighted by Crippen LogP contribution is -2.09. The van der Waals surface area contributed by atoms with Gasteiger partial charge >= 0.3 is 0 Å². The normalized spacial score (nSPS) is 12.2. The first-order valence-electron chi connectivity index (χ1n) is 6.09. The van der Waals surface area contributed by atoms with Crippen LogP contribution >= 0.6 is 27.5 Å². The predicted molar refractivity (Wildman–Crippen MR) is 82.9 cm³/mol. The second-order valence-corrected chi connectivity index (χ2v) is 5.55. The van der Waals surface area contributed by atoms with Gasteiger partial charge in [-0.05, 0) is 30.7 Å². The van der Waals surface area contributed by atoms with E-state index in [4.69, 9.17) is 22.1 Å². The molecule has 0 heterocycles. The number of para-hydroxylation sites is 1. The fraction of sp³-hybridized carbons (Fsp3) is 0.200. The van der Waals surface area contributed by atoms with Crippen molar-refractivity contribution in [1.82, 2.24) is 0 Å². The third kappa shape index (κ3) is 3.50. The fourth-order valence-electron chi connectivity index (χ4n) is 1.78. The molecule has 0 saturated carbocycles. The second kappa shape index (κ2) is 6.42. The molecule has 1 atom stereocenters. The molecule has 2 N–H and O–H groups in total. The number of ether oxygens (including phenoxy) is 1. The van der Waals surface area contributed by atoms with Crippen molar-refractivity contribution in [1.29, 1.82) is 0 Å². The number of rotatable bonds is 4. The van der Waals surface area contributed by atoms with E-state index in [1.165, 1.54) is 0 Å². The molecule has 0 unspecified atom stereocenters. The Morgan fingerprint density at radius 1 is 1.21 bits per heavy atom. The van der Waals surface area contributed by atoms with Crippen LogP contribution in [0.25, 0.3) is 0 Å². The molecule has 0 aromatic heterocycles. The molecule has 0 aliphatic rings. The summed E-state index contributed by atoms with van der Waals surface area (Å²) < 4.78 is 6.81. The van der Waals surface area contributed by atoms with Gasteiger partial charge in [-0.25, -0.2) is 0 Å². The van der Waals surface area contributed by atoms with E-state index in [0.29, 0.717) is 10.8 Å². The van der Waals surface area contributed by atoms with Crippen LogP contribution in [0, 0.1) is 0 Å². The highest BCUT2D eigenvalue weighted by Gasteiger charge is 2.12. The molecule has 0 aliphatic carbocycles. The molecule has 0 saturated heterocycles. The van der Waals surface area contributed by atoms with Crippen molar-refractivity contribution in [2.75, 3.05) is 0 Å². The SMILES string of the molecule is CC[C@H](N)c1ccccc1Oc1ccc(Br)cc1Cl. The van der Waals surface area contributed by atoms with Crippen LogP contribution < -0.4 is 10.5 Å².